The molecule has 0 unspecified atom stereocenters. The third kappa shape index (κ3) is 6.05. The maximum Gasteiger partial charge on any atom is 0.344 e. The van der Waals surface area contributed by atoms with Crippen molar-refractivity contribution in [3.8, 4) is 17.2 Å². The number of carbonyl (C=O) groups excluding carboxylic acids is 2. The first-order valence-electron chi connectivity index (χ1n) is 10.9. The largest absolute Gasteiger partial charge is 0.872 e. The second kappa shape index (κ2) is 9.67. The highest BCUT2D eigenvalue weighted by atomic mass is 16.6. The van der Waals surface area contributed by atoms with Crippen molar-refractivity contribution in [2.24, 2.45) is 0 Å². The monoisotopic (exact) mass is 449 g/mol. The fourth-order valence-electron chi connectivity index (χ4n) is 4.27. The quantitative estimate of drug-likeness (QED) is 0.565. The normalized spacial score (nSPS) is 18.7. The standard InChI is InChI=1S/C23H30O9/c1-22(7-3-4-8-22)31-19(25)13-29-17-11-15(21(27)28)16(24)12-18(17)30-14-20(26)32-23(2)9-5-6-10-23/h11-12,24H,3-10,13-14H2,1-2H3,(H,27,28)/p-1. The van der Waals surface area contributed by atoms with Crippen LogP contribution in [0.4, 0.5) is 0 Å². The molecule has 1 aromatic carbocycles. The minimum Gasteiger partial charge on any atom is -0.872 e. The van der Waals surface area contributed by atoms with Crippen LogP contribution in [0.15, 0.2) is 12.1 Å². The maximum absolute atomic E-state index is 12.2. The van der Waals surface area contributed by atoms with Crippen LogP contribution in [0.2, 0.25) is 0 Å². The van der Waals surface area contributed by atoms with E-state index in [4.69, 9.17) is 18.9 Å². The molecule has 9 nitrogen and oxygen atoms in total. The predicted molar refractivity (Wildman–Crippen MR) is 110 cm³/mol. The molecule has 32 heavy (non-hydrogen) atoms. The molecule has 0 atom stereocenters. The molecular weight excluding hydrogens is 420 g/mol. The molecule has 0 heterocycles. The SMILES string of the molecule is CC1(OC(=O)COc2cc([O-])c(C(=O)O)cc2OCC(=O)OC2(C)CCCC2)CCCC1. The molecule has 3 rings (SSSR count). The Kier molecular flexibility index (Phi) is 7.16. The van der Waals surface area contributed by atoms with Crippen LogP contribution in [0.25, 0.3) is 0 Å². The lowest BCUT2D eigenvalue weighted by molar-refractivity contribution is -0.269. The molecule has 2 saturated carbocycles. The number of carbonyl (C=O) groups is 3. The Balaban J connectivity index is 1.66. The van der Waals surface area contributed by atoms with E-state index in [0.717, 1.165) is 63.5 Å². The third-order valence-corrected chi connectivity index (χ3v) is 6.01. The molecule has 1 aromatic rings. The van der Waals surface area contributed by atoms with E-state index in [9.17, 15) is 24.6 Å². The van der Waals surface area contributed by atoms with Gasteiger partial charge in [0, 0.05) is 0 Å². The van der Waals surface area contributed by atoms with Crippen LogP contribution >= 0.6 is 0 Å². The summed E-state index contributed by atoms with van der Waals surface area (Å²) in [4.78, 5) is 35.8. The van der Waals surface area contributed by atoms with E-state index >= 15 is 0 Å². The van der Waals surface area contributed by atoms with Crippen molar-refractivity contribution >= 4 is 17.9 Å². The number of ether oxygens (including phenoxy) is 4. The molecule has 0 bridgehead atoms. The summed E-state index contributed by atoms with van der Waals surface area (Å²) in [5.74, 6) is -3.76. The van der Waals surface area contributed by atoms with Gasteiger partial charge in [-0.25, -0.2) is 14.4 Å². The van der Waals surface area contributed by atoms with Gasteiger partial charge in [0.25, 0.3) is 0 Å². The molecule has 0 spiro atoms. The zero-order valence-electron chi connectivity index (χ0n) is 18.4. The molecule has 0 aromatic heterocycles. The Bertz CT molecular complexity index is 864. The first kappa shape index (κ1) is 23.7. The van der Waals surface area contributed by atoms with E-state index in [0.29, 0.717) is 0 Å². The third-order valence-electron chi connectivity index (χ3n) is 6.01. The number of esters is 2. The topological polar surface area (TPSA) is 131 Å². The summed E-state index contributed by atoms with van der Waals surface area (Å²) in [7, 11) is 0. The van der Waals surface area contributed by atoms with E-state index in [1.54, 1.807) is 0 Å². The Hall–Kier alpha value is -2.97. The van der Waals surface area contributed by atoms with Crippen LogP contribution < -0.4 is 14.6 Å². The fourth-order valence-corrected chi connectivity index (χ4v) is 4.27. The van der Waals surface area contributed by atoms with E-state index in [-0.39, 0.29) is 11.5 Å². The van der Waals surface area contributed by atoms with Gasteiger partial charge in [-0.05, 0) is 77.3 Å². The average molecular weight is 449 g/mol. The number of carboxylic acids is 1. The van der Waals surface area contributed by atoms with Gasteiger partial charge >= 0.3 is 17.9 Å². The number of hydrogen-bond donors (Lipinski definition) is 1. The molecule has 2 aliphatic carbocycles. The summed E-state index contributed by atoms with van der Waals surface area (Å²) >= 11 is 0. The highest BCUT2D eigenvalue weighted by Gasteiger charge is 2.33. The summed E-state index contributed by atoms with van der Waals surface area (Å²) in [5.41, 5.74) is -1.61. The lowest BCUT2D eigenvalue weighted by Crippen LogP contribution is -2.31. The lowest BCUT2D eigenvalue weighted by Gasteiger charge is -2.25. The van der Waals surface area contributed by atoms with Crippen LogP contribution in [0.5, 0.6) is 17.2 Å². The van der Waals surface area contributed by atoms with Gasteiger partial charge in [0.2, 0.25) is 0 Å². The Morgan fingerprint density at radius 3 is 1.66 bits per heavy atom. The van der Waals surface area contributed by atoms with Gasteiger partial charge in [0.1, 0.15) is 11.2 Å². The first-order chi connectivity index (χ1) is 15.1. The van der Waals surface area contributed by atoms with E-state index < -0.39 is 53.6 Å². The van der Waals surface area contributed by atoms with E-state index in [1.165, 1.54) is 0 Å². The van der Waals surface area contributed by atoms with Gasteiger partial charge in [-0.15, -0.1) is 0 Å². The summed E-state index contributed by atoms with van der Waals surface area (Å²) in [6, 6.07) is 1.90. The number of benzene rings is 1. The van der Waals surface area contributed by atoms with Crippen LogP contribution in [0, 0.1) is 0 Å². The number of hydrogen-bond acceptors (Lipinski definition) is 8. The van der Waals surface area contributed by atoms with Crippen molar-refractivity contribution in [1.82, 2.24) is 0 Å². The molecule has 0 saturated heterocycles. The smallest absolute Gasteiger partial charge is 0.344 e. The molecule has 1 N–H and O–H groups in total. The summed E-state index contributed by atoms with van der Waals surface area (Å²) in [6.45, 7) is 2.74. The molecule has 0 amide bonds. The second-order valence-electron chi connectivity index (χ2n) is 8.94. The van der Waals surface area contributed by atoms with Crippen molar-refractivity contribution in [3.05, 3.63) is 17.7 Å². The summed E-state index contributed by atoms with van der Waals surface area (Å²) in [6.07, 6.45) is 6.99. The molecule has 0 aliphatic heterocycles. The van der Waals surface area contributed by atoms with Crippen LogP contribution in [-0.2, 0) is 19.1 Å². The van der Waals surface area contributed by atoms with Crippen LogP contribution in [0.1, 0.15) is 75.6 Å². The number of rotatable bonds is 9. The summed E-state index contributed by atoms with van der Waals surface area (Å²) < 4.78 is 21.8. The molecule has 0 radical (unpaired) electrons. The second-order valence-corrected chi connectivity index (χ2v) is 8.94. The average Bonchev–Trinajstić information content (AvgIpc) is 3.33. The lowest BCUT2D eigenvalue weighted by atomic mass is 10.1. The van der Waals surface area contributed by atoms with Crippen molar-refractivity contribution in [3.63, 3.8) is 0 Å². The van der Waals surface area contributed by atoms with Gasteiger partial charge in [-0.1, -0.05) is 5.75 Å². The Morgan fingerprint density at radius 2 is 1.25 bits per heavy atom. The Labute approximate surface area is 186 Å². The van der Waals surface area contributed by atoms with Crippen molar-refractivity contribution in [2.45, 2.75) is 76.4 Å². The molecule has 2 fully saturated rings. The molecule has 9 heteroatoms. The summed E-state index contributed by atoms with van der Waals surface area (Å²) in [5, 5.41) is 21.3. The fraction of sp³-hybridized carbons (Fsp3) is 0.609. The minimum absolute atomic E-state index is 0.143. The van der Waals surface area contributed by atoms with E-state index in [1.807, 2.05) is 13.8 Å². The van der Waals surface area contributed by atoms with Crippen molar-refractivity contribution in [1.29, 1.82) is 0 Å². The molecule has 2 aliphatic rings. The van der Waals surface area contributed by atoms with E-state index in [2.05, 4.69) is 0 Å². The zero-order valence-corrected chi connectivity index (χ0v) is 18.4. The van der Waals surface area contributed by atoms with Gasteiger partial charge in [0.05, 0.1) is 5.56 Å². The van der Waals surface area contributed by atoms with Gasteiger partial charge in [-0.2, -0.15) is 0 Å². The van der Waals surface area contributed by atoms with Crippen LogP contribution in [0.3, 0.4) is 0 Å². The predicted octanol–water partition coefficient (Wildman–Crippen LogP) is 2.97. The maximum atomic E-state index is 12.2. The molecule has 176 valence electrons. The first-order valence-corrected chi connectivity index (χ1v) is 10.9. The minimum atomic E-state index is -1.44. The van der Waals surface area contributed by atoms with Crippen molar-refractivity contribution < 1.29 is 43.5 Å². The highest BCUT2D eigenvalue weighted by molar-refractivity contribution is 5.91. The van der Waals surface area contributed by atoms with Gasteiger partial charge < -0.3 is 29.2 Å². The van der Waals surface area contributed by atoms with Gasteiger partial charge in [-0.3, -0.25) is 0 Å². The highest BCUT2D eigenvalue weighted by Crippen LogP contribution is 2.36. The van der Waals surface area contributed by atoms with Gasteiger partial charge in [0.15, 0.2) is 24.7 Å². The van der Waals surface area contributed by atoms with Crippen molar-refractivity contribution in [2.75, 3.05) is 13.2 Å². The number of carboxylic acid groups (broad SMARTS) is 1. The number of aromatic carboxylic acids is 1. The van der Waals surface area contributed by atoms with Crippen LogP contribution in [-0.4, -0.2) is 47.4 Å². The molecular formula is C23H29O9-. The zero-order chi connectivity index (χ0) is 23.4. The Morgan fingerprint density at radius 1 is 0.844 bits per heavy atom.